The molecule has 1 fully saturated rings. The third-order valence-corrected chi connectivity index (χ3v) is 7.44. The van der Waals surface area contributed by atoms with Gasteiger partial charge in [-0.2, -0.15) is 18.3 Å². The van der Waals surface area contributed by atoms with E-state index in [2.05, 4.69) is 5.10 Å². The Morgan fingerprint density at radius 1 is 1.18 bits per heavy atom. The van der Waals surface area contributed by atoms with Gasteiger partial charge in [0.1, 0.15) is 17.5 Å². The van der Waals surface area contributed by atoms with Crippen molar-refractivity contribution in [3.8, 4) is 0 Å². The predicted octanol–water partition coefficient (Wildman–Crippen LogP) is 5.89. The number of amides is 2. The van der Waals surface area contributed by atoms with Crippen molar-refractivity contribution in [2.24, 2.45) is 5.92 Å². The summed E-state index contributed by atoms with van der Waals surface area (Å²) in [7, 11) is 0. The van der Waals surface area contributed by atoms with Crippen LogP contribution in [-0.4, -0.2) is 62.5 Å². The van der Waals surface area contributed by atoms with Crippen LogP contribution in [0, 0.1) is 18.7 Å². The fraction of sp³-hybridized carbons (Fsp3) is 0.593. The molecular weight excluding hydrogens is 540 g/mol. The first-order valence-corrected chi connectivity index (χ1v) is 13.3. The predicted molar refractivity (Wildman–Crippen MR) is 137 cm³/mol. The molecule has 0 bridgehead atoms. The maximum Gasteiger partial charge on any atom is 0.410 e. The fourth-order valence-electron chi connectivity index (χ4n) is 5.28. The van der Waals surface area contributed by atoms with Crippen LogP contribution in [0.2, 0.25) is 5.02 Å². The first-order valence-electron chi connectivity index (χ1n) is 13.0. The van der Waals surface area contributed by atoms with Gasteiger partial charge in [0, 0.05) is 30.1 Å². The van der Waals surface area contributed by atoms with Crippen LogP contribution < -0.4 is 0 Å². The first kappa shape index (κ1) is 29.2. The highest BCUT2D eigenvalue weighted by Gasteiger charge is 2.49. The Hall–Kier alpha value is -2.82. The van der Waals surface area contributed by atoms with Crippen LogP contribution in [0.1, 0.15) is 62.5 Å². The van der Waals surface area contributed by atoms with Crippen LogP contribution in [-0.2, 0) is 29.0 Å². The number of hydrogen-bond donors (Lipinski definition) is 0. The standard InChI is InChI=1S/C27H33ClF4N4O3/c1-16-20-8-9-34(15-22(20)36(33-16)14-18-5-6-19(28)13-21(18)29)24(37)12-17-7-10-35(23(11-17)27(30,31)32)25(38)39-26(2,3)4/h5-6,13,17,23H,7-12,14-15H2,1-4H3. The highest BCUT2D eigenvalue weighted by Crippen LogP contribution is 2.37. The largest absolute Gasteiger partial charge is 0.444 e. The van der Waals surface area contributed by atoms with Gasteiger partial charge in [-0.3, -0.25) is 14.4 Å². The van der Waals surface area contributed by atoms with Crippen molar-refractivity contribution < 1.29 is 31.9 Å². The maximum absolute atomic E-state index is 14.4. The van der Waals surface area contributed by atoms with Crippen molar-refractivity contribution in [3.05, 3.63) is 51.6 Å². The minimum atomic E-state index is -4.64. The van der Waals surface area contributed by atoms with E-state index in [1.165, 1.54) is 6.07 Å². The van der Waals surface area contributed by atoms with Crippen LogP contribution in [0.25, 0.3) is 0 Å². The summed E-state index contributed by atoms with van der Waals surface area (Å²) in [6.45, 7) is 7.35. The number of hydrogen-bond acceptors (Lipinski definition) is 4. The molecule has 2 amide bonds. The summed E-state index contributed by atoms with van der Waals surface area (Å²) < 4.78 is 63.0. The van der Waals surface area contributed by atoms with Crippen LogP contribution in [0.5, 0.6) is 0 Å². The number of piperidine rings is 1. The lowest BCUT2D eigenvalue weighted by Crippen LogP contribution is -2.54. The normalized spacial score (nSPS) is 20.1. The third-order valence-electron chi connectivity index (χ3n) is 7.21. The fourth-order valence-corrected chi connectivity index (χ4v) is 5.44. The number of fused-ring (bicyclic) bond motifs is 1. The maximum atomic E-state index is 14.4. The monoisotopic (exact) mass is 572 g/mol. The number of aryl methyl sites for hydroxylation is 1. The van der Waals surface area contributed by atoms with Crippen molar-refractivity contribution in [1.82, 2.24) is 19.6 Å². The number of carbonyl (C=O) groups is 2. The average molecular weight is 573 g/mol. The Morgan fingerprint density at radius 2 is 1.90 bits per heavy atom. The van der Waals surface area contributed by atoms with E-state index < -0.39 is 35.6 Å². The summed E-state index contributed by atoms with van der Waals surface area (Å²) in [5.74, 6) is -1.23. The summed E-state index contributed by atoms with van der Waals surface area (Å²) in [5, 5.41) is 4.84. The van der Waals surface area contributed by atoms with Gasteiger partial charge in [-0.15, -0.1) is 0 Å². The van der Waals surface area contributed by atoms with Gasteiger partial charge in [0.25, 0.3) is 0 Å². The summed E-state index contributed by atoms with van der Waals surface area (Å²) >= 11 is 5.86. The Bertz CT molecular complexity index is 1240. The Morgan fingerprint density at radius 3 is 2.54 bits per heavy atom. The molecule has 2 aliphatic heterocycles. The SMILES string of the molecule is Cc1nn(Cc2ccc(Cl)cc2F)c2c1CCN(C(=O)CC1CCN(C(=O)OC(C)(C)C)C(C(F)(F)F)C1)C2. The second-order valence-corrected chi connectivity index (χ2v) is 11.7. The number of aromatic nitrogens is 2. The Labute approximate surface area is 230 Å². The van der Waals surface area contributed by atoms with Crippen LogP contribution in [0.3, 0.4) is 0 Å². The number of likely N-dealkylation sites (tertiary alicyclic amines) is 1. The summed E-state index contributed by atoms with van der Waals surface area (Å²) in [4.78, 5) is 28.1. The van der Waals surface area contributed by atoms with Gasteiger partial charge in [-0.25, -0.2) is 9.18 Å². The molecule has 0 aliphatic carbocycles. The molecule has 0 radical (unpaired) electrons. The molecule has 4 rings (SSSR count). The Kier molecular flexibility index (Phi) is 8.21. The van der Waals surface area contributed by atoms with Crippen LogP contribution in [0.15, 0.2) is 18.2 Å². The third kappa shape index (κ3) is 6.85. The average Bonchev–Trinajstić information content (AvgIpc) is 3.13. The smallest absolute Gasteiger partial charge is 0.410 e. The molecule has 0 spiro atoms. The van der Waals surface area contributed by atoms with Gasteiger partial charge in [0.15, 0.2) is 0 Å². The number of benzene rings is 1. The van der Waals surface area contributed by atoms with Crippen molar-refractivity contribution in [2.45, 2.75) is 84.3 Å². The van der Waals surface area contributed by atoms with E-state index in [1.807, 2.05) is 6.92 Å². The molecule has 0 saturated carbocycles. The second kappa shape index (κ2) is 11.0. The number of halogens is 5. The lowest BCUT2D eigenvalue weighted by Gasteiger charge is -2.41. The van der Waals surface area contributed by atoms with Gasteiger partial charge in [-0.1, -0.05) is 17.7 Å². The molecule has 214 valence electrons. The van der Waals surface area contributed by atoms with Crippen molar-refractivity contribution in [3.63, 3.8) is 0 Å². The first-order chi connectivity index (χ1) is 18.1. The molecular formula is C27H33ClF4N4O3. The second-order valence-electron chi connectivity index (χ2n) is 11.3. The number of ether oxygens (including phenoxy) is 1. The van der Waals surface area contributed by atoms with E-state index in [9.17, 15) is 27.2 Å². The molecule has 2 aromatic rings. The zero-order valence-corrected chi connectivity index (χ0v) is 23.2. The van der Waals surface area contributed by atoms with E-state index in [4.69, 9.17) is 16.3 Å². The van der Waals surface area contributed by atoms with Gasteiger partial charge in [0.05, 0.1) is 24.5 Å². The lowest BCUT2D eigenvalue weighted by molar-refractivity contribution is -0.192. The van der Waals surface area contributed by atoms with Gasteiger partial charge >= 0.3 is 12.3 Å². The molecule has 2 unspecified atom stereocenters. The molecule has 2 aliphatic rings. The van der Waals surface area contributed by atoms with E-state index >= 15 is 0 Å². The summed E-state index contributed by atoms with van der Waals surface area (Å²) in [6.07, 6.45) is -5.23. The molecule has 2 atom stereocenters. The molecule has 0 N–H and O–H groups in total. The molecule has 3 heterocycles. The van der Waals surface area contributed by atoms with Gasteiger partial charge < -0.3 is 9.64 Å². The summed E-state index contributed by atoms with van der Waals surface area (Å²) in [6, 6.07) is 2.41. The van der Waals surface area contributed by atoms with Gasteiger partial charge in [-0.05, 0) is 70.6 Å². The van der Waals surface area contributed by atoms with Crippen LogP contribution in [0.4, 0.5) is 22.4 Å². The summed E-state index contributed by atoms with van der Waals surface area (Å²) in [5.41, 5.74) is 2.07. The minimum Gasteiger partial charge on any atom is -0.444 e. The van der Waals surface area contributed by atoms with E-state index in [1.54, 1.807) is 42.5 Å². The number of carbonyl (C=O) groups excluding carboxylic acids is 2. The Balaban J connectivity index is 1.44. The topological polar surface area (TPSA) is 67.7 Å². The number of nitrogens with zero attached hydrogens (tertiary/aromatic N) is 4. The van der Waals surface area contributed by atoms with Gasteiger partial charge in [0.2, 0.25) is 5.91 Å². The van der Waals surface area contributed by atoms with E-state index in [0.29, 0.717) is 18.5 Å². The molecule has 12 heteroatoms. The zero-order valence-electron chi connectivity index (χ0n) is 22.4. The molecule has 7 nitrogen and oxygen atoms in total. The minimum absolute atomic E-state index is 0.0526. The molecule has 39 heavy (non-hydrogen) atoms. The lowest BCUT2D eigenvalue weighted by atomic mass is 9.87. The molecule has 1 saturated heterocycles. The van der Waals surface area contributed by atoms with E-state index in [-0.39, 0.29) is 49.8 Å². The highest BCUT2D eigenvalue weighted by molar-refractivity contribution is 6.30. The van der Waals surface area contributed by atoms with Crippen molar-refractivity contribution in [1.29, 1.82) is 0 Å². The van der Waals surface area contributed by atoms with Crippen LogP contribution >= 0.6 is 11.6 Å². The number of alkyl halides is 3. The van der Waals surface area contributed by atoms with Crippen molar-refractivity contribution >= 4 is 23.6 Å². The molecule has 1 aromatic heterocycles. The quantitative estimate of drug-likeness (QED) is 0.429. The highest BCUT2D eigenvalue weighted by atomic mass is 35.5. The zero-order chi connectivity index (χ0) is 28.7. The number of rotatable bonds is 4. The van der Waals surface area contributed by atoms with E-state index in [0.717, 1.165) is 21.9 Å². The molecule has 1 aromatic carbocycles. The van der Waals surface area contributed by atoms with Crippen molar-refractivity contribution in [2.75, 3.05) is 13.1 Å².